The van der Waals surface area contributed by atoms with E-state index in [1.807, 2.05) is 26.1 Å². The molecule has 6 nitrogen and oxygen atoms in total. The number of nitrogens with one attached hydrogen (secondary N) is 2. The Balaban J connectivity index is 2.12. The Morgan fingerprint density at radius 2 is 1.90 bits per heavy atom. The highest BCUT2D eigenvalue weighted by molar-refractivity contribution is 14.1. The van der Waals surface area contributed by atoms with E-state index >= 15 is 0 Å². The van der Waals surface area contributed by atoms with E-state index in [1.54, 1.807) is 14.0 Å². The van der Waals surface area contributed by atoms with Gasteiger partial charge in [-0.15, -0.1) is 0 Å². The molecular formula is C23H26IN5O. The van der Waals surface area contributed by atoms with Gasteiger partial charge in [0.05, 0.1) is 24.4 Å². The monoisotopic (exact) mass is 515 g/mol. The van der Waals surface area contributed by atoms with Crippen molar-refractivity contribution in [2.75, 3.05) is 12.4 Å². The van der Waals surface area contributed by atoms with Gasteiger partial charge in [0.15, 0.2) is 0 Å². The van der Waals surface area contributed by atoms with E-state index in [0.29, 0.717) is 11.5 Å². The number of pyridine rings is 1. The zero-order valence-electron chi connectivity index (χ0n) is 18.1. The van der Waals surface area contributed by atoms with E-state index in [2.05, 4.69) is 68.8 Å². The Labute approximate surface area is 191 Å². The summed E-state index contributed by atoms with van der Waals surface area (Å²) >= 11 is 2.37. The maximum Gasteiger partial charge on any atom is 0.139 e. The zero-order valence-corrected chi connectivity index (χ0v) is 20.2. The van der Waals surface area contributed by atoms with Crippen LogP contribution in [0.15, 0.2) is 30.7 Å². The van der Waals surface area contributed by atoms with E-state index in [1.165, 1.54) is 6.33 Å². The molecule has 0 spiro atoms. The smallest absolute Gasteiger partial charge is 0.139 e. The van der Waals surface area contributed by atoms with Crippen molar-refractivity contribution in [3.05, 3.63) is 62.4 Å². The normalized spacial score (nSPS) is 11.8. The van der Waals surface area contributed by atoms with Gasteiger partial charge in [0.2, 0.25) is 0 Å². The average Bonchev–Trinajstić information content (AvgIpc) is 2.70. The minimum Gasteiger partial charge on any atom is -0.496 e. The van der Waals surface area contributed by atoms with Crippen molar-refractivity contribution in [1.29, 1.82) is 5.41 Å². The summed E-state index contributed by atoms with van der Waals surface area (Å²) in [5, 5.41) is 11.6. The number of benzene rings is 1. The molecule has 0 aliphatic rings. The molecule has 0 saturated carbocycles. The number of aromatic nitrogens is 3. The van der Waals surface area contributed by atoms with Crippen LogP contribution < -0.4 is 10.1 Å². The number of rotatable bonds is 6. The Bertz CT molecular complexity index is 1100. The molecule has 1 atom stereocenters. The van der Waals surface area contributed by atoms with Crippen molar-refractivity contribution >= 4 is 34.1 Å². The molecule has 3 rings (SSSR count). The minimum atomic E-state index is -0.0985. The molecule has 7 heteroatoms. The Kier molecular flexibility index (Phi) is 6.70. The van der Waals surface area contributed by atoms with Crippen LogP contribution in [0.25, 0.3) is 11.1 Å². The summed E-state index contributed by atoms with van der Waals surface area (Å²) in [6, 6.07) is 6.13. The van der Waals surface area contributed by atoms with Crippen LogP contribution in [0.4, 0.5) is 5.82 Å². The standard InChI is InChI=1S/C23H26IN5O/c1-12-7-8-17(10-26-12)20-13(2)19(24)9-18(22(20)30-6)15(4)29-23-21(14(3)25)16(5)27-11-28-23/h7-11,15,25H,1-6H3,(H,27,28,29). The second-order valence-electron chi connectivity index (χ2n) is 7.34. The lowest BCUT2D eigenvalue weighted by atomic mass is 9.94. The minimum absolute atomic E-state index is 0.0985. The van der Waals surface area contributed by atoms with Gasteiger partial charge in [-0.1, -0.05) is 6.07 Å². The topological polar surface area (TPSA) is 83.8 Å². The molecular weight excluding hydrogens is 489 g/mol. The third-order valence-corrected chi connectivity index (χ3v) is 6.26. The van der Waals surface area contributed by atoms with Crippen molar-refractivity contribution in [3.8, 4) is 16.9 Å². The van der Waals surface area contributed by atoms with Crippen molar-refractivity contribution in [1.82, 2.24) is 15.0 Å². The molecule has 0 amide bonds. The SMILES string of the molecule is COc1c(C(C)Nc2ncnc(C)c2C(C)=N)cc(I)c(C)c1-c1ccc(C)nc1. The molecule has 0 saturated heterocycles. The second-order valence-corrected chi connectivity index (χ2v) is 8.51. The third kappa shape index (κ3) is 4.30. The number of anilines is 1. The van der Waals surface area contributed by atoms with Crippen LogP contribution in [-0.4, -0.2) is 27.8 Å². The van der Waals surface area contributed by atoms with Gasteiger partial charge >= 0.3 is 0 Å². The molecule has 3 aromatic rings. The Morgan fingerprint density at radius 1 is 1.17 bits per heavy atom. The fraction of sp³-hybridized carbons (Fsp3) is 0.304. The van der Waals surface area contributed by atoms with Gasteiger partial charge in [0.1, 0.15) is 17.9 Å². The molecule has 1 unspecified atom stereocenters. The first-order valence-corrected chi connectivity index (χ1v) is 10.8. The Hall–Kier alpha value is -2.55. The van der Waals surface area contributed by atoms with E-state index < -0.39 is 0 Å². The van der Waals surface area contributed by atoms with Gasteiger partial charge in [0.25, 0.3) is 0 Å². The predicted octanol–water partition coefficient (Wildman–Crippen LogP) is 5.64. The molecule has 0 fully saturated rings. The molecule has 1 aromatic carbocycles. The lowest BCUT2D eigenvalue weighted by Gasteiger charge is -2.23. The summed E-state index contributed by atoms with van der Waals surface area (Å²) in [4.78, 5) is 13.1. The molecule has 0 aliphatic heterocycles. The second kappa shape index (κ2) is 9.07. The number of methoxy groups -OCH3 is 1. The van der Waals surface area contributed by atoms with Gasteiger partial charge in [-0.25, -0.2) is 9.97 Å². The summed E-state index contributed by atoms with van der Waals surface area (Å²) in [6.07, 6.45) is 3.42. The molecule has 156 valence electrons. The van der Waals surface area contributed by atoms with Gasteiger partial charge in [-0.2, -0.15) is 0 Å². The maximum atomic E-state index is 8.12. The van der Waals surface area contributed by atoms with Gasteiger partial charge in [-0.3, -0.25) is 4.98 Å². The molecule has 30 heavy (non-hydrogen) atoms. The van der Waals surface area contributed by atoms with Crippen LogP contribution in [0.5, 0.6) is 5.75 Å². The summed E-state index contributed by atoms with van der Waals surface area (Å²) in [7, 11) is 1.70. The summed E-state index contributed by atoms with van der Waals surface area (Å²) in [5.74, 6) is 1.47. The molecule has 2 N–H and O–H groups in total. The summed E-state index contributed by atoms with van der Waals surface area (Å²) in [5.41, 5.74) is 7.16. The van der Waals surface area contributed by atoms with Crippen molar-refractivity contribution < 1.29 is 4.74 Å². The quantitative estimate of drug-likeness (QED) is 0.328. The highest BCUT2D eigenvalue weighted by atomic mass is 127. The molecule has 2 aromatic heterocycles. The van der Waals surface area contributed by atoms with Gasteiger partial charge in [0, 0.05) is 37.9 Å². The van der Waals surface area contributed by atoms with Crippen LogP contribution in [0, 0.1) is 29.8 Å². The molecule has 0 aliphatic carbocycles. The first-order chi connectivity index (χ1) is 14.2. The average molecular weight is 515 g/mol. The first-order valence-electron chi connectivity index (χ1n) is 9.68. The highest BCUT2D eigenvalue weighted by Gasteiger charge is 2.22. The highest BCUT2D eigenvalue weighted by Crippen LogP contribution is 2.41. The fourth-order valence-electron chi connectivity index (χ4n) is 3.56. The maximum absolute atomic E-state index is 8.12. The van der Waals surface area contributed by atoms with Crippen LogP contribution in [0.3, 0.4) is 0 Å². The lowest BCUT2D eigenvalue weighted by molar-refractivity contribution is 0.409. The Morgan fingerprint density at radius 3 is 2.50 bits per heavy atom. The largest absolute Gasteiger partial charge is 0.496 e. The van der Waals surface area contributed by atoms with E-state index in [0.717, 1.165) is 48.5 Å². The van der Waals surface area contributed by atoms with Crippen LogP contribution >= 0.6 is 22.6 Å². The van der Waals surface area contributed by atoms with Crippen molar-refractivity contribution in [2.45, 2.75) is 40.7 Å². The molecule has 0 radical (unpaired) electrons. The van der Waals surface area contributed by atoms with E-state index in [4.69, 9.17) is 10.1 Å². The van der Waals surface area contributed by atoms with Crippen LogP contribution in [-0.2, 0) is 0 Å². The number of halogens is 1. The summed E-state index contributed by atoms with van der Waals surface area (Å²) in [6.45, 7) is 9.79. The number of aryl methyl sites for hydroxylation is 2. The number of ether oxygens (including phenoxy) is 1. The van der Waals surface area contributed by atoms with Gasteiger partial charge in [-0.05, 0) is 74.9 Å². The number of nitrogens with zero attached hydrogens (tertiary/aromatic N) is 3. The van der Waals surface area contributed by atoms with Crippen molar-refractivity contribution in [3.63, 3.8) is 0 Å². The first kappa shape index (κ1) is 22.1. The van der Waals surface area contributed by atoms with E-state index in [9.17, 15) is 0 Å². The molecule has 2 heterocycles. The third-order valence-electron chi connectivity index (χ3n) is 5.14. The van der Waals surface area contributed by atoms with Gasteiger partial charge < -0.3 is 15.5 Å². The predicted molar refractivity (Wildman–Crippen MR) is 130 cm³/mol. The fourth-order valence-corrected chi connectivity index (χ4v) is 4.17. The van der Waals surface area contributed by atoms with Crippen molar-refractivity contribution in [2.24, 2.45) is 0 Å². The number of hydrogen-bond acceptors (Lipinski definition) is 6. The van der Waals surface area contributed by atoms with E-state index in [-0.39, 0.29) is 6.04 Å². The number of hydrogen-bond donors (Lipinski definition) is 2. The summed E-state index contributed by atoms with van der Waals surface area (Å²) < 4.78 is 7.06. The lowest BCUT2D eigenvalue weighted by Crippen LogP contribution is -2.15. The van der Waals surface area contributed by atoms with Crippen LogP contribution in [0.1, 0.15) is 48.0 Å². The van der Waals surface area contributed by atoms with Crippen LogP contribution in [0.2, 0.25) is 0 Å². The zero-order chi connectivity index (χ0) is 22.0. The molecule has 0 bridgehead atoms.